The summed E-state index contributed by atoms with van der Waals surface area (Å²) in [4.78, 5) is 2.48. The van der Waals surface area contributed by atoms with Crippen LogP contribution in [-0.4, -0.2) is 44.4 Å². The maximum Gasteiger partial charge on any atom is 0.127 e. The molecule has 0 bridgehead atoms. The molecule has 3 aliphatic rings. The lowest BCUT2D eigenvalue weighted by Gasteiger charge is -2.46. The van der Waals surface area contributed by atoms with Crippen molar-refractivity contribution in [1.29, 1.82) is 0 Å². The molecule has 4 nitrogen and oxygen atoms in total. The fourth-order valence-electron chi connectivity index (χ4n) is 4.29. The van der Waals surface area contributed by atoms with E-state index in [1.807, 2.05) is 12.1 Å². The molecule has 1 aromatic carbocycles. The fraction of sp³-hybridized carbons (Fsp3) is 0.647. The number of nitrogens with zero attached hydrogens (tertiary/aromatic N) is 1. The first kappa shape index (κ1) is 13.4. The zero-order chi connectivity index (χ0) is 14.6. The van der Waals surface area contributed by atoms with Crippen molar-refractivity contribution in [2.45, 2.75) is 37.6 Å². The lowest BCUT2D eigenvalue weighted by atomic mass is 9.70. The molecule has 4 unspecified atom stereocenters. The number of ether oxygens (including phenoxy) is 3. The quantitative estimate of drug-likeness (QED) is 0.779. The van der Waals surface area contributed by atoms with Gasteiger partial charge in [-0.15, -0.1) is 0 Å². The first-order valence-corrected chi connectivity index (χ1v) is 7.78. The molecule has 1 aromatic rings. The van der Waals surface area contributed by atoms with Gasteiger partial charge in [-0.2, -0.15) is 0 Å². The zero-order valence-corrected chi connectivity index (χ0v) is 12.9. The number of epoxide rings is 1. The Morgan fingerprint density at radius 3 is 2.76 bits per heavy atom. The SMILES string of the molecule is COc1ccc(CN(C)[C@@H]2CC3C4OC4CC32)c(OC)c1. The van der Waals surface area contributed by atoms with Crippen LogP contribution in [0.15, 0.2) is 18.2 Å². The van der Waals surface area contributed by atoms with Gasteiger partial charge >= 0.3 is 0 Å². The zero-order valence-electron chi connectivity index (χ0n) is 12.9. The molecule has 5 atom stereocenters. The molecule has 4 rings (SSSR count). The van der Waals surface area contributed by atoms with E-state index in [0.29, 0.717) is 18.2 Å². The molecule has 21 heavy (non-hydrogen) atoms. The number of hydrogen-bond acceptors (Lipinski definition) is 4. The highest BCUT2D eigenvalue weighted by atomic mass is 16.6. The Morgan fingerprint density at radius 1 is 1.19 bits per heavy atom. The van der Waals surface area contributed by atoms with Gasteiger partial charge in [0.25, 0.3) is 0 Å². The second-order valence-electron chi connectivity index (χ2n) is 6.60. The Balaban J connectivity index is 1.43. The Morgan fingerprint density at radius 2 is 2.05 bits per heavy atom. The van der Waals surface area contributed by atoms with Crippen LogP contribution < -0.4 is 9.47 Å². The third kappa shape index (κ3) is 2.12. The van der Waals surface area contributed by atoms with E-state index in [0.717, 1.165) is 29.9 Å². The molecule has 1 heterocycles. The molecule has 2 aliphatic carbocycles. The Hall–Kier alpha value is -1.26. The summed E-state index contributed by atoms with van der Waals surface area (Å²) in [6, 6.07) is 6.79. The number of hydrogen-bond donors (Lipinski definition) is 0. The maximum atomic E-state index is 5.64. The van der Waals surface area contributed by atoms with Gasteiger partial charge < -0.3 is 14.2 Å². The summed E-state index contributed by atoms with van der Waals surface area (Å²) < 4.78 is 16.4. The molecule has 0 radical (unpaired) electrons. The highest BCUT2D eigenvalue weighted by molar-refractivity contribution is 5.40. The molecular formula is C17H23NO3. The molecule has 4 heteroatoms. The Kier molecular flexibility index (Phi) is 3.12. The third-order valence-corrected chi connectivity index (χ3v) is 5.59. The van der Waals surface area contributed by atoms with Crippen LogP contribution in [0.3, 0.4) is 0 Å². The van der Waals surface area contributed by atoms with E-state index in [1.165, 1.54) is 18.4 Å². The molecule has 114 valence electrons. The molecule has 0 spiro atoms. The predicted octanol–water partition coefficient (Wildman–Crippen LogP) is 2.31. The summed E-state index contributed by atoms with van der Waals surface area (Å²) in [5.41, 5.74) is 1.23. The highest BCUT2D eigenvalue weighted by Crippen LogP contribution is 2.58. The van der Waals surface area contributed by atoms with Gasteiger partial charge in [0.1, 0.15) is 11.5 Å². The van der Waals surface area contributed by atoms with Crippen LogP contribution in [0.5, 0.6) is 11.5 Å². The van der Waals surface area contributed by atoms with Gasteiger partial charge in [0.2, 0.25) is 0 Å². The molecule has 0 N–H and O–H groups in total. The summed E-state index contributed by atoms with van der Waals surface area (Å²) in [6.45, 7) is 0.928. The van der Waals surface area contributed by atoms with Gasteiger partial charge in [-0.25, -0.2) is 0 Å². The van der Waals surface area contributed by atoms with E-state index in [1.54, 1.807) is 14.2 Å². The Labute approximate surface area is 126 Å². The van der Waals surface area contributed by atoms with Crippen LogP contribution in [-0.2, 0) is 11.3 Å². The van der Waals surface area contributed by atoms with Crippen molar-refractivity contribution in [2.24, 2.45) is 11.8 Å². The first-order valence-electron chi connectivity index (χ1n) is 7.78. The average molecular weight is 289 g/mol. The van der Waals surface area contributed by atoms with Crippen molar-refractivity contribution >= 4 is 0 Å². The topological polar surface area (TPSA) is 34.2 Å². The summed E-state index contributed by atoms with van der Waals surface area (Å²) in [5, 5.41) is 0. The van der Waals surface area contributed by atoms with Crippen LogP contribution in [0.25, 0.3) is 0 Å². The standard InChI is InChI=1S/C17H23NO3/c1-18(14-7-13-12(14)8-16-17(13)21-16)9-10-4-5-11(19-2)6-15(10)20-3/h4-6,12-14,16-17H,7-9H2,1-3H3/t12?,13?,14-,16?,17?/m1/s1. The van der Waals surface area contributed by atoms with Crippen LogP contribution in [0.1, 0.15) is 18.4 Å². The number of fused-ring (bicyclic) bond motifs is 3. The fourth-order valence-corrected chi connectivity index (χ4v) is 4.29. The maximum absolute atomic E-state index is 5.64. The molecule has 2 saturated carbocycles. The molecule has 1 saturated heterocycles. The molecular weight excluding hydrogens is 266 g/mol. The monoisotopic (exact) mass is 289 g/mol. The summed E-state index contributed by atoms with van der Waals surface area (Å²) in [6.07, 6.45) is 3.76. The van der Waals surface area contributed by atoms with E-state index in [-0.39, 0.29) is 0 Å². The first-order chi connectivity index (χ1) is 10.2. The summed E-state index contributed by atoms with van der Waals surface area (Å²) in [7, 11) is 5.64. The summed E-state index contributed by atoms with van der Waals surface area (Å²) >= 11 is 0. The lowest BCUT2D eigenvalue weighted by molar-refractivity contribution is -0.00506. The van der Waals surface area contributed by atoms with Gasteiger partial charge in [0.05, 0.1) is 26.4 Å². The van der Waals surface area contributed by atoms with Crippen molar-refractivity contribution in [3.05, 3.63) is 23.8 Å². The molecule has 3 fully saturated rings. The summed E-state index contributed by atoms with van der Waals surface area (Å²) in [5.74, 6) is 3.44. The minimum Gasteiger partial charge on any atom is -0.497 e. The number of methoxy groups -OCH3 is 2. The van der Waals surface area contributed by atoms with Gasteiger partial charge in [-0.3, -0.25) is 4.90 Å². The van der Waals surface area contributed by atoms with Crippen molar-refractivity contribution in [2.75, 3.05) is 21.3 Å². The van der Waals surface area contributed by atoms with Crippen molar-refractivity contribution < 1.29 is 14.2 Å². The highest BCUT2D eigenvalue weighted by Gasteiger charge is 2.63. The Bertz CT molecular complexity index is 547. The number of rotatable bonds is 5. The van der Waals surface area contributed by atoms with E-state index < -0.39 is 0 Å². The lowest BCUT2D eigenvalue weighted by Crippen LogP contribution is -2.50. The van der Waals surface area contributed by atoms with Crippen LogP contribution in [0.2, 0.25) is 0 Å². The van der Waals surface area contributed by atoms with Crippen molar-refractivity contribution in [1.82, 2.24) is 4.90 Å². The van der Waals surface area contributed by atoms with E-state index in [4.69, 9.17) is 14.2 Å². The van der Waals surface area contributed by atoms with Crippen molar-refractivity contribution in [3.63, 3.8) is 0 Å². The minimum atomic E-state index is 0.592. The third-order valence-electron chi connectivity index (χ3n) is 5.59. The largest absolute Gasteiger partial charge is 0.497 e. The van der Waals surface area contributed by atoms with Gasteiger partial charge in [-0.1, -0.05) is 6.07 Å². The van der Waals surface area contributed by atoms with Gasteiger partial charge in [0.15, 0.2) is 0 Å². The van der Waals surface area contributed by atoms with Crippen molar-refractivity contribution in [3.8, 4) is 11.5 Å². The molecule has 1 aliphatic heterocycles. The van der Waals surface area contributed by atoms with E-state index in [2.05, 4.69) is 18.0 Å². The van der Waals surface area contributed by atoms with Crippen LogP contribution >= 0.6 is 0 Å². The van der Waals surface area contributed by atoms with Gasteiger partial charge in [-0.05, 0) is 37.8 Å². The van der Waals surface area contributed by atoms with Crippen LogP contribution in [0, 0.1) is 11.8 Å². The normalized spacial score (nSPS) is 35.9. The number of benzene rings is 1. The molecule has 0 aromatic heterocycles. The smallest absolute Gasteiger partial charge is 0.127 e. The average Bonchev–Trinajstić information content (AvgIpc) is 3.17. The molecule has 0 amide bonds. The van der Waals surface area contributed by atoms with E-state index in [9.17, 15) is 0 Å². The predicted molar refractivity (Wildman–Crippen MR) is 79.7 cm³/mol. The van der Waals surface area contributed by atoms with Gasteiger partial charge in [0, 0.05) is 24.2 Å². The van der Waals surface area contributed by atoms with Crippen LogP contribution in [0.4, 0.5) is 0 Å². The second-order valence-corrected chi connectivity index (χ2v) is 6.60. The second kappa shape index (κ2) is 4.89. The van der Waals surface area contributed by atoms with E-state index >= 15 is 0 Å². The minimum absolute atomic E-state index is 0.592.